The number of phenolic OH excluding ortho intramolecular Hbond substituents is 1. The summed E-state index contributed by atoms with van der Waals surface area (Å²) in [5.74, 6) is 0.811. The van der Waals surface area contributed by atoms with E-state index in [-0.39, 0.29) is 24.2 Å². The van der Waals surface area contributed by atoms with Gasteiger partial charge >= 0.3 is 0 Å². The van der Waals surface area contributed by atoms with Crippen LogP contribution in [0.4, 0.5) is 5.13 Å². The Morgan fingerprint density at radius 2 is 2.11 bits per heavy atom. The number of amides is 2. The molecule has 0 radical (unpaired) electrons. The zero-order valence-electron chi connectivity index (χ0n) is 20.4. The number of carbonyl (C=O) groups excluding carboxylic acids is 2. The summed E-state index contributed by atoms with van der Waals surface area (Å²) in [6.45, 7) is 4.09. The van der Waals surface area contributed by atoms with Crippen LogP contribution in [0.1, 0.15) is 73.8 Å². The molecule has 5 rings (SSSR count). The maximum Gasteiger partial charge on any atom is 0.226 e. The lowest BCUT2D eigenvalue weighted by Gasteiger charge is -2.54. The molecule has 0 saturated heterocycles. The molecular weight excluding hydrogens is 462 g/mol. The quantitative estimate of drug-likeness (QED) is 0.474. The van der Waals surface area contributed by atoms with Crippen LogP contribution in [-0.4, -0.2) is 32.6 Å². The van der Waals surface area contributed by atoms with E-state index in [1.165, 1.54) is 22.5 Å². The Bertz CT molecular complexity index is 1150. The molecule has 0 aliphatic heterocycles. The second-order valence-corrected chi connectivity index (χ2v) is 12.4. The summed E-state index contributed by atoms with van der Waals surface area (Å²) in [5.41, 5.74) is 6.55. The van der Waals surface area contributed by atoms with Crippen LogP contribution >= 0.6 is 11.3 Å². The molecule has 1 aromatic carbocycles. The van der Waals surface area contributed by atoms with Gasteiger partial charge in [0.05, 0.1) is 12.0 Å². The molecule has 3 aliphatic rings. The number of benzene rings is 1. The summed E-state index contributed by atoms with van der Waals surface area (Å²) < 4.78 is 0. The maximum absolute atomic E-state index is 12.7. The van der Waals surface area contributed by atoms with Crippen molar-refractivity contribution in [1.29, 1.82) is 0 Å². The number of fused-ring (bicyclic) bond motifs is 5. The number of aromatic nitrogens is 1. The molecule has 0 spiro atoms. The van der Waals surface area contributed by atoms with Crippen molar-refractivity contribution in [2.24, 2.45) is 28.9 Å². The molecule has 188 valence electrons. The molecule has 8 heteroatoms. The molecule has 35 heavy (non-hydrogen) atoms. The van der Waals surface area contributed by atoms with Crippen molar-refractivity contribution in [2.45, 2.75) is 76.7 Å². The molecule has 0 bridgehead atoms. The van der Waals surface area contributed by atoms with E-state index in [1.54, 1.807) is 12.3 Å². The highest BCUT2D eigenvalue weighted by molar-refractivity contribution is 7.15. The smallest absolute Gasteiger partial charge is 0.226 e. The number of thiazole rings is 1. The molecular formula is C27H35N3O4S. The van der Waals surface area contributed by atoms with Crippen molar-refractivity contribution in [3.05, 3.63) is 40.4 Å². The summed E-state index contributed by atoms with van der Waals surface area (Å²) >= 11 is 1.46. The predicted molar refractivity (Wildman–Crippen MR) is 135 cm³/mol. The fraction of sp³-hybridized carbons (Fsp3) is 0.593. The van der Waals surface area contributed by atoms with Gasteiger partial charge in [-0.3, -0.25) is 9.59 Å². The van der Waals surface area contributed by atoms with Crippen molar-refractivity contribution < 1.29 is 19.8 Å². The average molecular weight is 498 g/mol. The molecule has 3 aliphatic carbocycles. The van der Waals surface area contributed by atoms with Gasteiger partial charge in [-0.25, -0.2) is 4.98 Å². The number of nitrogens with two attached hydrogens (primary N) is 1. The first-order chi connectivity index (χ1) is 16.6. The molecule has 2 saturated carbocycles. The minimum Gasteiger partial charge on any atom is -0.508 e. The first-order valence-corrected chi connectivity index (χ1v) is 13.5. The van der Waals surface area contributed by atoms with E-state index in [9.17, 15) is 19.8 Å². The van der Waals surface area contributed by atoms with Gasteiger partial charge < -0.3 is 21.3 Å². The molecule has 7 nitrogen and oxygen atoms in total. The number of aryl methyl sites for hydroxylation is 2. The van der Waals surface area contributed by atoms with Crippen LogP contribution in [-0.2, 0) is 16.0 Å². The van der Waals surface area contributed by atoms with Crippen LogP contribution in [0.15, 0.2) is 24.4 Å². The second kappa shape index (κ2) is 8.89. The minimum atomic E-state index is -1.16. The number of hydrogen-bond donors (Lipinski definition) is 4. The number of phenols is 1. The lowest BCUT2D eigenvalue weighted by atomic mass is 9.51. The van der Waals surface area contributed by atoms with Gasteiger partial charge in [0, 0.05) is 22.9 Å². The summed E-state index contributed by atoms with van der Waals surface area (Å²) in [5, 5.41) is 25.4. The SMILES string of the molecule is Cc1cnc(NC(=O)CCC2CC(O)(CC(N)=O)C3(C)CCC4c5ccc(O)cc5CCC4C23)s1. The fourth-order valence-electron chi connectivity index (χ4n) is 7.78. The van der Waals surface area contributed by atoms with E-state index < -0.39 is 16.9 Å². The Morgan fingerprint density at radius 1 is 1.31 bits per heavy atom. The summed E-state index contributed by atoms with van der Waals surface area (Å²) in [6.07, 6.45) is 6.83. The van der Waals surface area contributed by atoms with Gasteiger partial charge in [-0.15, -0.1) is 11.3 Å². The highest BCUT2D eigenvalue weighted by Gasteiger charge is 2.65. The number of aliphatic hydroxyl groups is 1. The average Bonchev–Trinajstić information content (AvgIpc) is 3.29. The monoisotopic (exact) mass is 497 g/mol. The van der Waals surface area contributed by atoms with Gasteiger partial charge in [-0.2, -0.15) is 0 Å². The Hall–Kier alpha value is -2.45. The number of anilines is 1. The zero-order chi connectivity index (χ0) is 25.0. The molecule has 2 amide bonds. The largest absolute Gasteiger partial charge is 0.508 e. The highest BCUT2D eigenvalue weighted by Crippen LogP contribution is 2.67. The van der Waals surface area contributed by atoms with E-state index in [2.05, 4.69) is 23.3 Å². The molecule has 6 unspecified atom stereocenters. The van der Waals surface area contributed by atoms with Crippen LogP contribution in [0.3, 0.4) is 0 Å². The summed E-state index contributed by atoms with van der Waals surface area (Å²) in [7, 11) is 0. The third-order valence-electron chi connectivity index (χ3n) is 9.21. The molecule has 1 heterocycles. The summed E-state index contributed by atoms with van der Waals surface area (Å²) in [4.78, 5) is 30.0. The molecule has 6 atom stereocenters. The van der Waals surface area contributed by atoms with Crippen molar-refractivity contribution in [1.82, 2.24) is 4.98 Å². The fourth-order valence-corrected chi connectivity index (χ4v) is 8.46. The van der Waals surface area contributed by atoms with Gasteiger partial charge in [0.2, 0.25) is 11.8 Å². The number of primary amides is 1. The highest BCUT2D eigenvalue weighted by atomic mass is 32.1. The molecule has 1 aromatic heterocycles. The van der Waals surface area contributed by atoms with Crippen LogP contribution in [0.5, 0.6) is 5.75 Å². The Kier molecular flexibility index (Phi) is 6.16. The molecule has 2 aromatic rings. The number of nitrogens with one attached hydrogen (secondary N) is 1. The number of hydrogen-bond acceptors (Lipinski definition) is 6. The lowest BCUT2D eigenvalue weighted by Crippen LogP contribution is -2.52. The first kappa shape index (κ1) is 24.3. The minimum absolute atomic E-state index is 0.0388. The number of carbonyl (C=O) groups is 2. The third-order valence-corrected chi connectivity index (χ3v) is 10.0. The van der Waals surface area contributed by atoms with E-state index in [0.29, 0.717) is 42.0 Å². The van der Waals surface area contributed by atoms with Crippen LogP contribution < -0.4 is 11.1 Å². The Labute approximate surface area is 210 Å². The van der Waals surface area contributed by atoms with E-state index in [0.717, 1.165) is 30.6 Å². The number of aromatic hydroxyl groups is 1. The predicted octanol–water partition coefficient (Wildman–Crippen LogP) is 4.26. The van der Waals surface area contributed by atoms with Crippen LogP contribution in [0, 0.1) is 30.1 Å². The van der Waals surface area contributed by atoms with E-state index in [4.69, 9.17) is 5.73 Å². The van der Waals surface area contributed by atoms with Gasteiger partial charge in [-0.1, -0.05) is 13.0 Å². The van der Waals surface area contributed by atoms with Crippen molar-refractivity contribution >= 4 is 28.3 Å². The first-order valence-electron chi connectivity index (χ1n) is 12.6. The third kappa shape index (κ3) is 4.25. The maximum atomic E-state index is 12.7. The van der Waals surface area contributed by atoms with Gasteiger partial charge in [0.25, 0.3) is 0 Å². The van der Waals surface area contributed by atoms with E-state index in [1.807, 2.05) is 13.0 Å². The standard InChI is InChI=1S/C27H35N3O4S/c1-15-14-29-25(35-15)30-23(33)8-4-17-12-27(34,13-22(28)32)26(2)10-9-20-19-7-5-18(31)11-16(19)3-6-21(20)24(17)26/h5,7,11,14,17,20-21,24,31,34H,3-4,6,8-10,12-13H2,1-2H3,(H2,28,32)(H,29,30,33). The lowest BCUT2D eigenvalue weighted by molar-refractivity contribution is -0.137. The van der Waals surface area contributed by atoms with Crippen molar-refractivity contribution in [3.63, 3.8) is 0 Å². The van der Waals surface area contributed by atoms with Gasteiger partial charge in [-0.05, 0) is 92.4 Å². The topological polar surface area (TPSA) is 126 Å². The van der Waals surface area contributed by atoms with Crippen molar-refractivity contribution in [3.8, 4) is 5.75 Å². The molecule has 5 N–H and O–H groups in total. The number of rotatable bonds is 6. The van der Waals surface area contributed by atoms with Crippen molar-refractivity contribution in [2.75, 3.05) is 5.32 Å². The Morgan fingerprint density at radius 3 is 2.83 bits per heavy atom. The van der Waals surface area contributed by atoms with Crippen LogP contribution in [0.25, 0.3) is 0 Å². The normalized spacial score (nSPS) is 33.5. The Balaban J connectivity index is 1.41. The number of nitrogens with zero attached hydrogens (tertiary/aromatic N) is 1. The summed E-state index contributed by atoms with van der Waals surface area (Å²) in [6, 6.07) is 5.72. The van der Waals surface area contributed by atoms with Crippen LogP contribution in [0.2, 0.25) is 0 Å². The molecule has 2 fully saturated rings. The second-order valence-electron chi connectivity index (χ2n) is 11.2. The van der Waals surface area contributed by atoms with E-state index >= 15 is 0 Å². The van der Waals surface area contributed by atoms with Gasteiger partial charge in [0.1, 0.15) is 5.75 Å². The zero-order valence-corrected chi connectivity index (χ0v) is 21.2. The van der Waals surface area contributed by atoms with Gasteiger partial charge in [0.15, 0.2) is 5.13 Å².